The minimum Gasteiger partial charge on any atom is -0.313 e. The lowest BCUT2D eigenvalue weighted by Crippen LogP contribution is -2.38. The Labute approximate surface area is 128 Å². The molecular weight excluding hydrogens is 254 g/mol. The second kappa shape index (κ2) is 7.42. The first-order chi connectivity index (χ1) is 10.4. The average Bonchev–Trinajstić information content (AvgIpc) is 2.57. The highest BCUT2D eigenvalue weighted by atomic mass is 14.9. The summed E-state index contributed by atoms with van der Waals surface area (Å²) in [6, 6.07) is 22.5. The largest absolute Gasteiger partial charge is 0.313 e. The van der Waals surface area contributed by atoms with Gasteiger partial charge in [-0.15, -0.1) is 0 Å². The van der Waals surface area contributed by atoms with E-state index < -0.39 is 0 Å². The molecule has 2 aromatic carbocycles. The molecule has 0 radical (unpaired) electrons. The van der Waals surface area contributed by atoms with Crippen LogP contribution in [0.3, 0.4) is 0 Å². The maximum Gasteiger partial charge on any atom is 0.0136 e. The Hall–Kier alpha value is -1.60. The monoisotopic (exact) mass is 279 g/mol. The topological polar surface area (TPSA) is 12.0 Å². The van der Waals surface area contributed by atoms with Gasteiger partial charge in [0.2, 0.25) is 0 Å². The second-order valence-corrected chi connectivity index (χ2v) is 6.10. The van der Waals surface area contributed by atoms with Crippen molar-refractivity contribution in [1.82, 2.24) is 5.32 Å². The van der Waals surface area contributed by atoms with E-state index >= 15 is 0 Å². The Balaban J connectivity index is 1.57. The van der Waals surface area contributed by atoms with Gasteiger partial charge in [-0.3, -0.25) is 0 Å². The van der Waals surface area contributed by atoms with Crippen LogP contribution in [0.2, 0.25) is 0 Å². The molecule has 2 atom stereocenters. The number of benzene rings is 2. The summed E-state index contributed by atoms with van der Waals surface area (Å²) in [6.07, 6.45) is 6.50. The van der Waals surface area contributed by atoms with E-state index in [1.807, 2.05) is 0 Å². The Bertz CT molecular complexity index is 520. The van der Waals surface area contributed by atoms with Gasteiger partial charge in [0.25, 0.3) is 0 Å². The molecule has 2 aromatic rings. The fraction of sp³-hybridized carbons (Fsp3) is 0.400. The minimum absolute atomic E-state index is 0.643. The fourth-order valence-electron chi connectivity index (χ4n) is 3.52. The zero-order chi connectivity index (χ0) is 14.3. The maximum atomic E-state index is 3.82. The molecule has 0 heterocycles. The molecule has 1 aliphatic rings. The van der Waals surface area contributed by atoms with Crippen LogP contribution in [-0.4, -0.2) is 12.6 Å². The number of rotatable bonds is 5. The van der Waals surface area contributed by atoms with E-state index in [4.69, 9.17) is 0 Å². The third kappa shape index (κ3) is 3.95. The normalized spacial score (nSPS) is 22.1. The molecule has 110 valence electrons. The fourth-order valence-corrected chi connectivity index (χ4v) is 3.52. The molecule has 2 unspecified atom stereocenters. The lowest BCUT2D eigenvalue weighted by atomic mass is 9.80. The van der Waals surface area contributed by atoms with Crippen molar-refractivity contribution >= 4 is 0 Å². The van der Waals surface area contributed by atoms with Crippen LogP contribution < -0.4 is 5.32 Å². The van der Waals surface area contributed by atoms with Gasteiger partial charge in [-0.2, -0.15) is 0 Å². The van der Waals surface area contributed by atoms with Crippen molar-refractivity contribution in [2.75, 3.05) is 6.54 Å². The van der Waals surface area contributed by atoms with E-state index in [1.54, 1.807) is 0 Å². The van der Waals surface area contributed by atoms with Crippen LogP contribution in [0.4, 0.5) is 0 Å². The van der Waals surface area contributed by atoms with Crippen LogP contribution in [0.25, 0.3) is 0 Å². The van der Waals surface area contributed by atoms with Gasteiger partial charge in [-0.25, -0.2) is 0 Å². The lowest BCUT2D eigenvalue weighted by Gasteiger charge is -2.33. The van der Waals surface area contributed by atoms with Gasteiger partial charge < -0.3 is 5.32 Å². The zero-order valence-electron chi connectivity index (χ0n) is 12.7. The van der Waals surface area contributed by atoms with Gasteiger partial charge in [0, 0.05) is 6.04 Å². The molecule has 0 aliphatic heterocycles. The first kappa shape index (κ1) is 14.3. The number of nitrogens with one attached hydrogen (secondary N) is 1. The number of hydrogen-bond acceptors (Lipinski definition) is 1. The smallest absolute Gasteiger partial charge is 0.0136 e. The molecule has 1 saturated carbocycles. The van der Waals surface area contributed by atoms with Crippen LogP contribution in [0, 0.1) is 0 Å². The van der Waals surface area contributed by atoms with E-state index in [1.165, 1.54) is 36.8 Å². The lowest BCUT2D eigenvalue weighted by molar-refractivity contribution is 0.329. The Morgan fingerprint density at radius 2 is 1.48 bits per heavy atom. The van der Waals surface area contributed by atoms with Gasteiger partial charge in [-0.05, 0) is 42.9 Å². The average molecular weight is 279 g/mol. The van der Waals surface area contributed by atoms with Crippen molar-refractivity contribution in [3.8, 4) is 0 Å². The maximum absolute atomic E-state index is 3.82. The summed E-state index contributed by atoms with van der Waals surface area (Å²) in [5.41, 5.74) is 2.94. The molecule has 1 fully saturated rings. The first-order valence-electron chi connectivity index (χ1n) is 8.26. The highest BCUT2D eigenvalue weighted by Crippen LogP contribution is 2.32. The standard InChI is InChI=1S/C20H25N/c1-3-9-17(10-4-1)15-16-21-20-14-8-7-13-19(20)18-11-5-2-6-12-18/h1-6,9-12,19-21H,7-8,13-16H2. The molecule has 0 saturated heterocycles. The van der Waals surface area contributed by atoms with E-state index in [0.717, 1.165) is 13.0 Å². The van der Waals surface area contributed by atoms with Crippen LogP contribution >= 0.6 is 0 Å². The molecule has 0 amide bonds. The Kier molecular flexibility index (Phi) is 5.07. The summed E-state index contributed by atoms with van der Waals surface area (Å²) in [6.45, 7) is 1.08. The van der Waals surface area contributed by atoms with Gasteiger partial charge >= 0.3 is 0 Å². The van der Waals surface area contributed by atoms with E-state index in [9.17, 15) is 0 Å². The molecule has 1 heteroatoms. The summed E-state index contributed by atoms with van der Waals surface area (Å²) in [5, 5.41) is 3.82. The third-order valence-corrected chi connectivity index (χ3v) is 4.66. The Morgan fingerprint density at radius 1 is 0.810 bits per heavy atom. The summed E-state index contributed by atoms with van der Waals surface area (Å²) >= 11 is 0. The van der Waals surface area contributed by atoms with Gasteiger partial charge in [0.05, 0.1) is 0 Å². The summed E-state index contributed by atoms with van der Waals surface area (Å²) in [4.78, 5) is 0. The quantitative estimate of drug-likeness (QED) is 0.847. The SMILES string of the molecule is c1ccc(CCNC2CCCCC2c2ccccc2)cc1. The predicted octanol–water partition coefficient (Wildman–Crippen LogP) is 4.55. The van der Waals surface area contributed by atoms with Gasteiger partial charge in [-0.1, -0.05) is 73.5 Å². The van der Waals surface area contributed by atoms with Crippen molar-refractivity contribution in [1.29, 1.82) is 0 Å². The minimum atomic E-state index is 0.643. The molecule has 0 aromatic heterocycles. The van der Waals surface area contributed by atoms with E-state index in [-0.39, 0.29) is 0 Å². The van der Waals surface area contributed by atoms with Crippen molar-refractivity contribution in [3.05, 3.63) is 71.8 Å². The second-order valence-electron chi connectivity index (χ2n) is 6.10. The molecule has 0 spiro atoms. The van der Waals surface area contributed by atoms with Gasteiger partial charge in [0.15, 0.2) is 0 Å². The van der Waals surface area contributed by atoms with Crippen molar-refractivity contribution in [2.45, 2.75) is 44.1 Å². The van der Waals surface area contributed by atoms with E-state index in [2.05, 4.69) is 66.0 Å². The molecule has 1 nitrogen and oxygen atoms in total. The molecule has 1 N–H and O–H groups in total. The van der Waals surface area contributed by atoms with Crippen LogP contribution in [-0.2, 0) is 6.42 Å². The van der Waals surface area contributed by atoms with Crippen molar-refractivity contribution in [2.24, 2.45) is 0 Å². The summed E-state index contributed by atoms with van der Waals surface area (Å²) < 4.78 is 0. The third-order valence-electron chi connectivity index (χ3n) is 4.66. The summed E-state index contributed by atoms with van der Waals surface area (Å²) in [5.74, 6) is 0.690. The highest BCUT2D eigenvalue weighted by molar-refractivity contribution is 5.22. The Morgan fingerprint density at radius 3 is 2.24 bits per heavy atom. The van der Waals surface area contributed by atoms with Crippen molar-refractivity contribution in [3.63, 3.8) is 0 Å². The summed E-state index contributed by atoms with van der Waals surface area (Å²) in [7, 11) is 0. The zero-order valence-corrected chi connectivity index (χ0v) is 12.7. The molecule has 1 aliphatic carbocycles. The van der Waals surface area contributed by atoms with Crippen LogP contribution in [0.15, 0.2) is 60.7 Å². The van der Waals surface area contributed by atoms with Gasteiger partial charge in [0.1, 0.15) is 0 Å². The molecule has 21 heavy (non-hydrogen) atoms. The molecule has 0 bridgehead atoms. The first-order valence-corrected chi connectivity index (χ1v) is 8.26. The van der Waals surface area contributed by atoms with E-state index in [0.29, 0.717) is 12.0 Å². The molecule has 3 rings (SSSR count). The van der Waals surface area contributed by atoms with Crippen LogP contribution in [0.5, 0.6) is 0 Å². The van der Waals surface area contributed by atoms with Crippen LogP contribution in [0.1, 0.15) is 42.7 Å². The predicted molar refractivity (Wildman–Crippen MR) is 89.6 cm³/mol. The molecular formula is C20H25N. The van der Waals surface area contributed by atoms with Crippen molar-refractivity contribution < 1.29 is 0 Å². The number of hydrogen-bond donors (Lipinski definition) is 1. The highest BCUT2D eigenvalue weighted by Gasteiger charge is 2.25.